The maximum Gasteiger partial charge on any atom is 0.311 e. The zero-order valence-corrected chi connectivity index (χ0v) is 16.4. The molecule has 1 N–H and O–H groups in total. The smallest absolute Gasteiger partial charge is 0.311 e. The molecule has 144 valence electrons. The van der Waals surface area contributed by atoms with Gasteiger partial charge in [-0.25, -0.2) is 0 Å². The number of fused-ring (bicyclic) bond motifs is 1. The number of hydrogen-bond acceptors (Lipinski definition) is 4. The summed E-state index contributed by atoms with van der Waals surface area (Å²) in [6.07, 6.45) is 7.04. The minimum atomic E-state index is -0.979. The summed E-state index contributed by atoms with van der Waals surface area (Å²) in [4.78, 5) is 11.0. The van der Waals surface area contributed by atoms with Crippen molar-refractivity contribution in [1.82, 2.24) is 0 Å². The summed E-state index contributed by atoms with van der Waals surface area (Å²) in [5.41, 5.74) is 0.474. The first kappa shape index (κ1) is 19.2. The highest BCUT2D eigenvalue weighted by molar-refractivity contribution is 5.55. The first-order valence-corrected chi connectivity index (χ1v) is 9.79. The first-order chi connectivity index (χ1) is 12.2. The lowest BCUT2D eigenvalue weighted by atomic mass is 9.56. The Morgan fingerprint density at radius 1 is 1.23 bits per heavy atom. The van der Waals surface area contributed by atoms with E-state index in [-0.39, 0.29) is 22.8 Å². The average molecular weight is 361 g/mol. The van der Waals surface area contributed by atoms with Crippen molar-refractivity contribution in [2.24, 2.45) is 17.3 Å². The van der Waals surface area contributed by atoms with Crippen molar-refractivity contribution in [3.63, 3.8) is 0 Å². The Bertz CT molecular complexity index is 699. The zero-order chi connectivity index (χ0) is 19.1. The second kappa shape index (κ2) is 6.84. The Morgan fingerprint density at radius 3 is 2.62 bits per heavy atom. The molecular formula is C21H31NO4. The lowest BCUT2D eigenvalue weighted by Gasteiger charge is -2.52. The Morgan fingerprint density at radius 2 is 1.96 bits per heavy atom. The van der Waals surface area contributed by atoms with Crippen LogP contribution in [0.2, 0.25) is 0 Å². The molecule has 0 aromatic heterocycles. The van der Waals surface area contributed by atoms with Gasteiger partial charge < -0.3 is 9.84 Å². The quantitative estimate of drug-likeness (QED) is 0.468. The first-order valence-electron chi connectivity index (χ1n) is 9.79. The number of aryl methyl sites for hydroxylation is 1. The molecule has 0 bridgehead atoms. The molecule has 3 atom stereocenters. The highest BCUT2D eigenvalue weighted by Crippen LogP contribution is 2.56. The van der Waals surface area contributed by atoms with Gasteiger partial charge in [-0.15, -0.1) is 0 Å². The normalized spacial score (nSPS) is 31.0. The Balaban J connectivity index is 2.14. The van der Waals surface area contributed by atoms with Gasteiger partial charge in [0, 0.05) is 6.07 Å². The summed E-state index contributed by atoms with van der Waals surface area (Å²) in [5.74, 6) is 1.11. The number of nitrogens with zero attached hydrogens (tertiary/aromatic N) is 1. The fourth-order valence-electron chi connectivity index (χ4n) is 5.16. The molecule has 1 aromatic rings. The van der Waals surface area contributed by atoms with Gasteiger partial charge in [-0.3, -0.25) is 10.1 Å². The van der Waals surface area contributed by atoms with Crippen LogP contribution in [0.3, 0.4) is 0 Å². The number of benzene rings is 1. The second-order valence-corrected chi connectivity index (χ2v) is 8.90. The van der Waals surface area contributed by atoms with Gasteiger partial charge in [0.2, 0.25) is 0 Å². The number of ether oxygens (including phenoxy) is 1. The predicted octanol–water partition coefficient (Wildman–Crippen LogP) is 4.98. The van der Waals surface area contributed by atoms with Crippen LogP contribution in [0, 0.1) is 27.4 Å². The summed E-state index contributed by atoms with van der Waals surface area (Å²) in [6.45, 7) is 6.56. The van der Waals surface area contributed by atoms with Gasteiger partial charge in [-0.05, 0) is 60.1 Å². The maximum absolute atomic E-state index is 12.1. The van der Waals surface area contributed by atoms with Crippen LogP contribution < -0.4 is 4.74 Å². The van der Waals surface area contributed by atoms with E-state index in [0.717, 1.165) is 49.7 Å². The zero-order valence-electron chi connectivity index (χ0n) is 16.4. The van der Waals surface area contributed by atoms with Gasteiger partial charge in [0.25, 0.3) is 0 Å². The fourth-order valence-corrected chi connectivity index (χ4v) is 5.16. The fraction of sp³-hybridized carbons (Fsp3) is 0.714. The molecule has 0 saturated heterocycles. The monoisotopic (exact) mass is 361 g/mol. The average Bonchev–Trinajstić information content (AvgIpc) is 2.82. The van der Waals surface area contributed by atoms with E-state index in [1.54, 1.807) is 12.1 Å². The predicted molar refractivity (Wildman–Crippen MR) is 101 cm³/mol. The molecular weight excluding hydrogens is 330 g/mol. The molecule has 2 aliphatic rings. The molecule has 0 heterocycles. The SMILES string of the molecule is COc1cc2c(cc1[N+](=O)[O-])CCC(C)(C)C2(O)C1CCCC(C)CC1. The number of nitro benzene ring substituents is 1. The van der Waals surface area contributed by atoms with Crippen molar-refractivity contribution >= 4 is 5.69 Å². The van der Waals surface area contributed by atoms with Gasteiger partial charge in [0.05, 0.1) is 17.6 Å². The molecule has 1 aromatic carbocycles. The highest BCUT2D eigenvalue weighted by atomic mass is 16.6. The molecule has 26 heavy (non-hydrogen) atoms. The van der Waals surface area contributed by atoms with Crippen LogP contribution in [0.4, 0.5) is 5.69 Å². The molecule has 3 rings (SSSR count). The Kier molecular flexibility index (Phi) is 5.04. The second-order valence-electron chi connectivity index (χ2n) is 8.90. The van der Waals surface area contributed by atoms with E-state index in [1.807, 2.05) is 0 Å². The van der Waals surface area contributed by atoms with Crippen LogP contribution in [0.5, 0.6) is 5.75 Å². The molecule has 2 aliphatic carbocycles. The number of nitro groups is 1. The van der Waals surface area contributed by atoms with Crippen molar-refractivity contribution in [2.45, 2.75) is 71.3 Å². The Hall–Kier alpha value is -1.62. The van der Waals surface area contributed by atoms with Crippen LogP contribution >= 0.6 is 0 Å². The molecule has 0 radical (unpaired) electrons. The summed E-state index contributed by atoms with van der Waals surface area (Å²) < 4.78 is 5.31. The molecule has 0 aliphatic heterocycles. The molecule has 3 unspecified atom stereocenters. The third-order valence-electron chi connectivity index (χ3n) is 6.91. The highest BCUT2D eigenvalue weighted by Gasteiger charge is 2.53. The van der Waals surface area contributed by atoms with Crippen LogP contribution in [0.25, 0.3) is 0 Å². The van der Waals surface area contributed by atoms with E-state index in [1.165, 1.54) is 13.5 Å². The minimum Gasteiger partial charge on any atom is -0.490 e. The largest absolute Gasteiger partial charge is 0.490 e. The lowest BCUT2D eigenvalue weighted by Crippen LogP contribution is -2.51. The lowest BCUT2D eigenvalue weighted by molar-refractivity contribution is -0.385. The van der Waals surface area contributed by atoms with E-state index >= 15 is 0 Å². The molecule has 5 heteroatoms. The number of aliphatic hydroxyl groups is 1. The third-order valence-corrected chi connectivity index (χ3v) is 6.91. The van der Waals surface area contributed by atoms with E-state index in [9.17, 15) is 15.2 Å². The summed E-state index contributed by atoms with van der Waals surface area (Å²) in [7, 11) is 1.45. The van der Waals surface area contributed by atoms with E-state index < -0.39 is 10.5 Å². The van der Waals surface area contributed by atoms with E-state index in [2.05, 4.69) is 20.8 Å². The topological polar surface area (TPSA) is 72.6 Å². The van der Waals surface area contributed by atoms with Crippen LogP contribution in [-0.4, -0.2) is 17.1 Å². The van der Waals surface area contributed by atoms with Crippen molar-refractivity contribution in [3.8, 4) is 5.75 Å². The summed E-state index contributed by atoms with van der Waals surface area (Å²) >= 11 is 0. The van der Waals surface area contributed by atoms with Gasteiger partial charge in [-0.2, -0.15) is 0 Å². The van der Waals surface area contributed by atoms with Gasteiger partial charge in [-0.1, -0.05) is 40.0 Å². The van der Waals surface area contributed by atoms with Crippen molar-refractivity contribution in [3.05, 3.63) is 33.4 Å². The molecule has 5 nitrogen and oxygen atoms in total. The van der Waals surface area contributed by atoms with Crippen LogP contribution in [0.1, 0.15) is 70.4 Å². The van der Waals surface area contributed by atoms with Gasteiger partial charge >= 0.3 is 5.69 Å². The van der Waals surface area contributed by atoms with E-state index in [0.29, 0.717) is 5.92 Å². The molecule has 0 spiro atoms. The standard InChI is InChI=1S/C21H31NO4/c1-14-6-5-7-16(9-8-14)21(23)17-13-19(26-4)18(22(24)25)12-15(17)10-11-20(21,2)3/h12-14,16,23H,5-11H2,1-4H3. The molecule has 0 amide bonds. The van der Waals surface area contributed by atoms with Crippen molar-refractivity contribution in [1.29, 1.82) is 0 Å². The third kappa shape index (κ3) is 3.00. The number of hydrogen-bond donors (Lipinski definition) is 1. The van der Waals surface area contributed by atoms with Crippen molar-refractivity contribution in [2.75, 3.05) is 7.11 Å². The van der Waals surface area contributed by atoms with E-state index in [4.69, 9.17) is 4.74 Å². The summed E-state index contributed by atoms with van der Waals surface area (Å²) in [6, 6.07) is 3.36. The Labute approximate surface area is 155 Å². The number of rotatable bonds is 3. The molecule has 1 saturated carbocycles. The van der Waals surface area contributed by atoms with Gasteiger partial charge in [0.1, 0.15) is 0 Å². The van der Waals surface area contributed by atoms with Crippen molar-refractivity contribution < 1.29 is 14.8 Å². The maximum atomic E-state index is 12.1. The molecule has 1 fully saturated rings. The van der Waals surface area contributed by atoms with Crippen LogP contribution in [-0.2, 0) is 12.0 Å². The summed E-state index contributed by atoms with van der Waals surface area (Å²) in [5, 5.41) is 23.5. The number of methoxy groups -OCH3 is 1. The minimum absolute atomic E-state index is 0.0113. The van der Waals surface area contributed by atoms with Gasteiger partial charge in [0.15, 0.2) is 5.75 Å². The van der Waals surface area contributed by atoms with Crippen LogP contribution in [0.15, 0.2) is 12.1 Å².